The van der Waals surface area contributed by atoms with E-state index in [-0.39, 0.29) is 22.9 Å². The molecule has 0 spiro atoms. The van der Waals surface area contributed by atoms with Crippen LogP contribution in [-0.4, -0.2) is 44.9 Å². The maximum atomic E-state index is 11.7. The summed E-state index contributed by atoms with van der Waals surface area (Å²) in [6, 6.07) is 0. The second-order valence-corrected chi connectivity index (χ2v) is 7.23. The van der Waals surface area contributed by atoms with Crippen LogP contribution in [0.15, 0.2) is 17.3 Å². The van der Waals surface area contributed by atoms with E-state index in [2.05, 4.69) is 24.3 Å². The van der Waals surface area contributed by atoms with E-state index in [1.165, 1.54) is 0 Å². The van der Waals surface area contributed by atoms with Gasteiger partial charge in [-0.3, -0.25) is 14.9 Å². The van der Waals surface area contributed by atoms with Crippen molar-refractivity contribution in [3.8, 4) is 0 Å². The normalized spacial score (nSPS) is 29.4. The topological polar surface area (TPSA) is 82.0 Å². The fourth-order valence-corrected chi connectivity index (χ4v) is 3.59. The van der Waals surface area contributed by atoms with E-state index in [1.54, 1.807) is 18.0 Å². The molecule has 0 amide bonds. The number of carboxylic acids is 1. The van der Waals surface area contributed by atoms with Crippen molar-refractivity contribution in [1.29, 1.82) is 0 Å². The zero-order valence-electron chi connectivity index (χ0n) is 12.3. The van der Waals surface area contributed by atoms with E-state index in [9.17, 15) is 9.59 Å². The van der Waals surface area contributed by atoms with E-state index in [0.717, 1.165) is 5.71 Å². The average Bonchev–Trinajstić information content (AvgIpc) is 2.41. The van der Waals surface area contributed by atoms with E-state index in [4.69, 9.17) is 5.11 Å². The minimum absolute atomic E-state index is 0.0912. The van der Waals surface area contributed by atoms with Crippen LogP contribution in [0.4, 0.5) is 0 Å². The standard InChI is InChI=1S/C14H21N3O3S/c1-10-3-5-12(18)7-14(10,2)21-17-9-15-8-11(16-17)4-6-13(19)20/h3,5,10,15H,4,6-9H2,1-2H3,(H,19,20). The van der Waals surface area contributed by atoms with E-state index < -0.39 is 5.97 Å². The zero-order valence-corrected chi connectivity index (χ0v) is 13.2. The van der Waals surface area contributed by atoms with Crippen molar-refractivity contribution in [3.63, 3.8) is 0 Å². The molecule has 0 saturated heterocycles. The van der Waals surface area contributed by atoms with Gasteiger partial charge >= 0.3 is 5.97 Å². The van der Waals surface area contributed by atoms with Crippen LogP contribution in [-0.2, 0) is 9.59 Å². The van der Waals surface area contributed by atoms with E-state index in [1.807, 2.05) is 10.5 Å². The summed E-state index contributed by atoms with van der Waals surface area (Å²) in [5, 5.41) is 16.5. The minimum atomic E-state index is -0.814. The van der Waals surface area contributed by atoms with Crippen LogP contribution in [0.25, 0.3) is 0 Å². The van der Waals surface area contributed by atoms with Gasteiger partial charge in [0.25, 0.3) is 0 Å². The number of hydrogen-bond acceptors (Lipinski definition) is 6. The van der Waals surface area contributed by atoms with Crippen LogP contribution in [0.1, 0.15) is 33.1 Å². The lowest BCUT2D eigenvalue weighted by atomic mass is 9.85. The first kappa shape index (κ1) is 16.0. The monoisotopic (exact) mass is 311 g/mol. The van der Waals surface area contributed by atoms with Gasteiger partial charge in [-0.2, -0.15) is 5.10 Å². The van der Waals surface area contributed by atoms with Gasteiger partial charge in [0.1, 0.15) is 0 Å². The highest BCUT2D eigenvalue weighted by atomic mass is 32.2. The van der Waals surface area contributed by atoms with Crippen LogP contribution in [0.2, 0.25) is 0 Å². The molecule has 0 aromatic heterocycles. The number of nitrogens with one attached hydrogen (secondary N) is 1. The Morgan fingerprint density at radius 2 is 2.43 bits per heavy atom. The van der Waals surface area contributed by atoms with Crippen LogP contribution in [0.3, 0.4) is 0 Å². The van der Waals surface area contributed by atoms with Crippen LogP contribution in [0, 0.1) is 5.92 Å². The molecule has 1 aliphatic carbocycles. The molecule has 7 heteroatoms. The van der Waals surface area contributed by atoms with Gasteiger partial charge in [-0.15, -0.1) is 0 Å². The minimum Gasteiger partial charge on any atom is -0.481 e. The fraction of sp³-hybridized carbons (Fsp3) is 0.643. The molecule has 116 valence electrons. The largest absolute Gasteiger partial charge is 0.481 e. The lowest BCUT2D eigenvalue weighted by molar-refractivity contribution is -0.136. The van der Waals surface area contributed by atoms with Crippen molar-refractivity contribution in [3.05, 3.63) is 12.2 Å². The van der Waals surface area contributed by atoms with Gasteiger partial charge in [0.15, 0.2) is 5.78 Å². The summed E-state index contributed by atoms with van der Waals surface area (Å²) in [4.78, 5) is 22.3. The van der Waals surface area contributed by atoms with Crippen LogP contribution in [0.5, 0.6) is 0 Å². The lowest BCUT2D eigenvalue weighted by Crippen LogP contribution is -2.42. The first-order chi connectivity index (χ1) is 9.89. The number of hydrogen-bond donors (Lipinski definition) is 2. The van der Waals surface area contributed by atoms with Gasteiger partial charge in [-0.1, -0.05) is 13.0 Å². The number of ketones is 1. The molecular formula is C14H21N3O3S. The molecule has 0 saturated carbocycles. The molecule has 0 radical (unpaired) electrons. The number of rotatable bonds is 5. The van der Waals surface area contributed by atoms with Gasteiger partial charge in [0.2, 0.25) is 0 Å². The number of aliphatic carboxylic acids is 1. The third-order valence-electron chi connectivity index (χ3n) is 3.83. The predicted molar refractivity (Wildman–Crippen MR) is 82.9 cm³/mol. The first-order valence-electron chi connectivity index (χ1n) is 7.05. The van der Waals surface area contributed by atoms with Gasteiger partial charge in [-0.25, -0.2) is 4.41 Å². The quantitative estimate of drug-likeness (QED) is 0.751. The summed E-state index contributed by atoms with van der Waals surface area (Å²) in [5.41, 5.74) is 0.838. The summed E-state index contributed by atoms with van der Waals surface area (Å²) in [7, 11) is 0. The Morgan fingerprint density at radius 1 is 1.67 bits per heavy atom. The third-order valence-corrected chi connectivity index (χ3v) is 5.18. The zero-order chi connectivity index (χ0) is 15.5. The Labute approximate surface area is 128 Å². The number of carboxylic acid groups (broad SMARTS) is 1. The van der Waals surface area contributed by atoms with Crippen LogP contribution >= 0.6 is 11.9 Å². The molecule has 2 atom stereocenters. The summed E-state index contributed by atoms with van der Waals surface area (Å²) < 4.78 is 1.62. The SMILES string of the molecule is CC1C=CC(=O)CC1(C)SN1CNCC(CCC(=O)O)=N1. The van der Waals surface area contributed by atoms with Crippen molar-refractivity contribution in [2.45, 2.75) is 37.9 Å². The number of hydrazone groups is 1. The second kappa shape index (κ2) is 6.62. The molecule has 1 heterocycles. The van der Waals surface area contributed by atoms with Crippen molar-refractivity contribution < 1.29 is 14.7 Å². The van der Waals surface area contributed by atoms with Gasteiger partial charge in [0, 0.05) is 17.7 Å². The predicted octanol–water partition coefficient (Wildman–Crippen LogP) is 1.64. The molecular weight excluding hydrogens is 290 g/mol. The Kier molecular flexibility index (Phi) is 5.05. The third kappa shape index (κ3) is 4.31. The Hall–Kier alpha value is -1.34. The fourth-order valence-electron chi connectivity index (χ4n) is 2.34. The Balaban J connectivity index is 2.01. The van der Waals surface area contributed by atoms with Crippen molar-refractivity contribution >= 4 is 29.4 Å². The van der Waals surface area contributed by atoms with E-state index in [0.29, 0.717) is 26.1 Å². The summed E-state index contributed by atoms with van der Waals surface area (Å²) in [5.74, 6) is -0.394. The highest BCUT2D eigenvalue weighted by Crippen LogP contribution is 2.41. The number of allylic oxidation sites excluding steroid dienone is 2. The molecule has 2 rings (SSSR count). The van der Waals surface area contributed by atoms with Gasteiger partial charge < -0.3 is 5.11 Å². The van der Waals surface area contributed by atoms with Crippen molar-refractivity contribution in [2.24, 2.45) is 11.0 Å². The first-order valence-corrected chi connectivity index (χ1v) is 7.83. The molecule has 0 bridgehead atoms. The van der Waals surface area contributed by atoms with Gasteiger partial charge in [-0.05, 0) is 37.3 Å². The molecule has 2 aliphatic rings. The maximum Gasteiger partial charge on any atom is 0.303 e. The Morgan fingerprint density at radius 3 is 3.14 bits per heavy atom. The number of carbonyl (C=O) groups is 2. The van der Waals surface area contributed by atoms with E-state index >= 15 is 0 Å². The van der Waals surface area contributed by atoms with Crippen molar-refractivity contribution in [2.75, 3.05) is 13.2 Å². The smallest absolute Gasteiger partial charge is 0.303 e. The number of carbonyl (C=O) groups excluding carboxylic acids is 1. The molecule has 1 aliphatic heterocycles. The molecule has 2 N–H and O–H groups in total. The van der Waals surface area contributed by atoms with Crippen molar-refractivity contribution in [1.82, 2.24) is 9.73 Å². The maximum absolute atomic E-state index is 11.7. The molecule has 6 nitrogen and oxygen atoms in total. The average molecular weight is 311 g/mol. The summed E-state index contributed by atoms with van der Waals surface area (Å²) in [6.07, 6.45) is 4.64. The molecule has 0 fully saturated rings. The highest BCUT2D eigenvalue weighted by Gasteiger charge is 2.38. The second-order valence-electron chi connectivity index (χ2n) is 5.69. The summed E-state index contributed by atoms with van der Waals surface area (Å²) in [6.45, 7) is 5.39. The van der Waals surface area contributed by atoms with Gasteiger partial charge in [0.05, 0.1) is 18.8 Å². The molecule has 0 aromatic carbocycles. The molecule has 2 unspecified atom stereocenters. The number of nitrogens with zero attached hydrogens (tertiary/aromatic N) is 2. The molecule has 0 aromatic rings. The van der Waals surface area contributed by atoms with Crippen LogP contribution < -0.4 is 5.32 Å². The lowest BCUT2D eigenvalue weighted by Gasteiger charge is -2.39. The Bertz CT molecular complexity index is 492. The molecule has 21 heavy (non-hydrogen) atoms. The highest BCUT2D eigenvalue weighted by molar-refractivity contribution is 7.98. The summed E-state index contributed by atoms with van der Waals surface area (Å²) >= 11 is 1.56.